The number of hydrogen-bond acceptors (Lipinski definition) is 4. The van der Waals surface area contributed by atoms with Crippen molar-refractivity contribution in [1.82, 2.24) is 9.97 Å². The van der Waals surface area contributed by atoms with E-state index in [2.05, 4.69) is 20.3 Å². The van der Waals surface area contributed by atoms with E-state index in [0.717, 1.165) is 22.3 Å². The van der Waals surface area contributed by atoms with Gasteiger partial charge in [0.15, 0.2) is 5.82 Å². The summed E-state index contributed by atoms with van der Waals surface area (Å²) in [5.74, 6) is -0.419. The Balaban J connectivity index is 1.61. The Kier molecular flexibility index (Phi) is 7.25. The fourth-order valence-electron chi connectivity index (χ4n) is 3.53. The number of azide groups is 1. The average molecular weight is 463 g/mol. The lowest BCUT2D eigenvalue weighted by molar-refractivity contribution is -0.115. The number of hydrogen-bond donors (Lipinski definition) is 1. The van der Waals surface area contributed by atoms with Crippen molar-refractivity contribution in [3.63, 3.8) is 0 Å². The summed E-state index contributed by atoms with van der Waals surface area (Å²) in [6.07, 6.45) is 2.30. The van der Waals surface area contributed by atoms with Crippen LogP contribution in [0.4, 0.5) is 5.82 Å². The minimum atomic E-state index is -0.651. The molecule has 3 aromatic carbocycles. The molecule has 1 N–H and O–H groups in total. The first-order valence-corrected chi connectivity index (χ1v) is 11.0. The van der Waals surface area contributed by atoms with Crippen LogP contribution in [-0.2, 0) is 17.6 Å². The highest BCUT2D eigenvalue weighted by Gasteiger charge is 2.14. The van der Waals surface area contributed by atoms with Crippen LogP contribution in [0.15, 0.2) is 90.2 Å². The zero-order chi connectivity index (χ0) is 24.6. The molecule has 0 atom stereocenters. The first kappa shape index (κ1) is 23.4. The number of rotatable bonds is 7. The summed E-state index contributed by atoms with van der Waals surface area (Å²) in [6.45, 7) is 2.00. The fraction of sp³-hybridized carbons (Fsp3) is 0.111. The van der Waals surface area contributed by atoms with Gasteiger partial charge in [0.05, 0.1) is 24.0 Å². The van der Waals surface area contributed by atoms with E-state index >= 15 is 0 Å². The SMILES string of the molecule is Cc1ccc(CC(=O)Nc2ncc(-c3ccc(C(=O)N=[N+]=[N-])cc3)nc2Cc2ccccc2)cc1. The highest BCUT2D eigenvalue weighted by atomic mass is 16.2. The van der Waals surface area contributed by atoms with Gasteiger partial charge >= 0.3 is 0 Å². The minimum Gasteiger partial charge on any atom is -0.309 e. The summed E-state index contributed by atoms with van der Waals surface area (Å²) in [5.41, 5.74) is 13.8. The Morgan fingerprint density at radius 2 is 1.66 bits per heavy atom. The van der Waals surface area contributed by atoms with Crippen molar-refractivity contribution in [3.8, 4) is 11.3 Å². The molecule has 0 aliphatic heterocycles. The molecule has 35 heavy (non-hydrogen) atoms. The van der Waals surface area contributed by atoms with Crippen LogP contribution in [0.2, 0.25) is 0 Å². The van der Waals surface area contributed by atoms with E-state index < -0.39 is 5.91 Å². The maximum absolute atomic E-state index is 12.7. The Hall–Kier alpha value is -4.81. The van der Waals surface area contributed by atoms with E-state index in [4.69, 9.17) is 10.5 Å². The number of aromatic nitrogens is 2. The van der Waals surface area contributed by atoms with Crippen LogP contribution in [0.1, 0.15) is 32.7 Å². The molecule has 4 aromatic rings. The number of benzene rings is 3. The van der Waals surface area contributed by atoms with Gasteiger partial charge in [0.2, 0.25) is 11.8 Å². The van der Waals surface area contributed by atoms with Crippen LogP contribution >= 0.6 is 0 Å². The highest BCUT2D eigenvalue weighted by molar-refractivity contribution is 5.95. The van der Waals surface area contributed by atoms with E-state index in [1.807, 2.05) is 61.5 Å². The predicted octanol–water partition coefficient (Wildman–Crippen LogP) is 5.67. The maximum atomic E-state index is 12.7. The number of nitrogens with zero attached hydrogens (tertiary/aromatic N) is 5. The number of anilines is 1. The molecule has 0 aliphatic rings. The minimum absolute atomic E-state index is 0.175. The van der Waals surface area contributed by atoms with Crippen LogP contribution in [0.25, 0.3) is 21.7 Å². The third-order valence-electron chi connectivity index (χ3n) is 5.37. The third kappa shape index (κ3) is 6.16. The molecule has 0 fully saturated rings. The lowest BCUT2D eigenvalue weighted by Crippen LogP contribution is -2.17. The van der Waals surface area contributed by atoms with Crippen molar-refractivity contribution in [2.45, 2.75) is 19.8 Å². The van der Waals surface area contributed by atoms with Gasteiger partial charge in [-0.15, -0.1) is 0 Å². The Morgan fingerprint density at radius 3 is 2.34 bits per heavy atom. The van der Waals surface area contributed by atoms with Crippen LogP contribution in [0, 0.1) is 6.92 Å². The van der Waals surface area contributed by atoms with Gasteiger partial charge in [-0.05, 0) is 28.7 Å². The first-order valence-electron chi connectivity index (χ1n) is 11.0. The Labute approximate surface area is 202 Å². The number of aryl methyl sites for hydroxylation is 1. The molecule has 8 heteroatoms. The molecule has 0 saturated carbocycles. The van der Waals surface area contributed by atoms with Crippen molar-refractivity contribution in [1.29, 1.82) is 0 Å². The highest BCUT2D eigenvalue weighted by Crippen LogP contribution is 2.23. The molecule has 0 unspecified atom stereocenters. The zero-order valence-electron chi connectivity index (χ0n) is 19.0. The Morgan fingerprint density at radius 1 is 0.943 bits per heavy atom. The van der Waals surface area contributed by atoms with Gasteiger partial charge < -0.3 is 5.32 Å². The summed E-state index contributed by atoms with van der Waals surface area (Å²) in [4.78, 5) is 36.3. The summed E-state index contributed by atoms with van der Waals surface area (Å²) < 4.78 is 0. The molecule has 0 spiro atoms. The third-order valence-corrected chi connectivity index (χ3v) is 5.37. The summed E-state index contributed by atoms with van der Waals surface area (Å²) in [7, 11) is 0. The number of amides is 2. The average Bonchev–Trinajstić information content (AvgIpc) is 2.87. The molecular weight excluding hydrogens is 440 g/mol. The van der Waals surface area contributed by atoms with Crippen molar-refractivity contribution in [3.05, 3.63) is 123 Å². The molecule has 1 aromatic heterocycles. The molecule has 0 radical (unpaired) electrons. The summed E-state index contributed by atoms with van der Waals surface area (Å²) in [6, 6.07) is 24.2. The smallest absolute Gasteiger partial charge is 0.249 e. The van der Waals surface area contributed by atoms with Crippen molar-refractivity contribution in [2.75, 3.05) is 5.32 Å². The molecule has 2 amide bonds. The maximum Gasteiger partial charge on any atom is 0.249 e. The van der Waals surface area contributed by atoms with Gasteiger partial charge in [0.1, 0.15) is 0 Å². The Bertz CT molecular complexity index is 1390. The van der Waals surface area contributed by atoms with Crippen molar-refractivity contribution >= 4 is 17.6 Å². The van der Waals surface area contributed by atoms with Gasteiger partial charge in [-0.2, -0.15) is 0 Å². The molecule has 1 heterocycles. The second-order valence-electron chi connectivity index (χ2n) is 8.00. The largest absolute Gasteiger partial charge is 0.309 e. The van der Waals surface area contributed by atoms with E-state index in [1.54, 1.807) is 30.5 Å². The van der Waals surface area contributed by atoms with Gasteiger partial charge in [-0.3, -0.25) is 9.59 Å². The van der Waals surface area contributed by atoms with Crippen molar-refractivity contribution in [2.24, 2.45) is 5.11 Å². The van der Waals surface area contributed by atoms with Crippen LogP contribution < -0.4 is 5.32 Å². The second-order valence-corrected chi connectivity index (χ2v) is 8.00. The van der Waals surface area contributed by atoms with Gasteiger partial charge in [0, 0.05) is 22.5 Å². The molecule has 0 bridgehead atoms. The standard InChI is InChI=1S/C27H22N6O2/c1-18-7-9-20(10-8-18)16-25(34)31-26-23(15-19-5-3-2-4-6-19)30-24(17-29-26)21-11-13-22(14-12-21)27(35)32-33-28/h2-14,17H,15-16H2,1H3,(H,29,31,34). The molecular formula is C27H22N6O2. The van der Waals surface area contributed by atoms with Crippen LogP contribution in [0.3, 0.4) is 0 Å². The zero-order valence-corrected chi connectivity index (χ0v) is 19.0. The summed E-state index contributed by atoms with van der Waals surface area (Å²) >= 11 is 0. The first-order chi connectivity index (χ1) is 17.0. The van der Waals surface area contributed by atoms with Crippen LogP contribution in [-0.4, -0.2) is 21.8 Å². The quantitative estimate of drug-likeness (QED) is 0.216. The molecule has 4 rings (SSSR count). The number of nitrogens with one attached hydrogen (secondary N) is 1. The van der Waals surface area contributed by atoms with E-state index in [9.17, 15) is 9.59 Å². The van der Waals surface area contributed by atoms with Gasteiger partial charge in [-0.25, -0.2) is 9.97 Å². The monoisotopic (exact) mass is 462 g/mol. The van der Waals surface area contributed by atoms with E-state index in [1.165, 1.54) is 0 Å². The van der Waals surface area contributed by atoms with E-state index in [0.29, 0.717) is 23.6 Å². The predicted molar refractivity (Wildman–Crippen MR) is 134 cm³/mol. The van der Waals surface area contributed by atoms with Gasteiger partial charge in [-0.1, -0.05) is 84.4 Å². The number of carbonyl (C=O) groups excluding carboxylic acids is 2. The molecule has 172 valence electrons. The van der Waals surface area contributed by atoms with E-state index in [-0.39, 0.29) is 17.9 Å². The summed E-state index contributed by atoms with van der Waals surface area (Å²) in [5, 5.41) is 6.01. The molecule has 8 nitrogen and oxygen atoms in total. The van der Waals surface area contributed by atoms with Crippen molar-refractivity contribution < 1.29 is 9.59 Å². The second kappa shape index (κ2) is 10.9. The topological polar surface area (TPSA) is 121 Å². The lowest BCUT2D eigenvalue weighted by Gasteiger charge is -2.12. The number of carbonyl (C=O) groups is 2. The van der Waals surface area contributed by atoms with Crippen LogP contribution in [0.5, 0.6) is 0 Å². The molecule has 0 saturated heterocycles. The molecule has 0 aliphatic carbocycles. The fourth-order valence-corrected chi connectivity index (χ4v) is 3.53. The normalized spacial score (nSPS) is 10.3. The van der Waals surface area contributed by atoms with Gasteiger partial charge in [0.25, 0.3) is 0 Å². The lowest BCUT2D eigenvalue weighted by atomic mass is 10.1.